The van der Waals surface area contributed by atoms with Gasteiger partial charge in [-0.1, -0.05) is 0 Å². The minimum atomic E-state index is -0.157. The first kappa shape index (κ1) is 12.0. The molecule has 0 aliphatic rings. The van der Waals surface area contributed by atoms with Crippen molar-refractivity contribution in [1.29, 1.82) is 0 Å². The minimum Gasteiger partial charge on any atom is -0.367 e. The summed E-state index contributed by atoms with van der Waals surface area (Å²) in [6.07, 6.45) is 3.62. The van der Waals surface area contributed by atoms with Gasteiger partial charge in [-0.05, 0) is 0 Å². The summed E-state index contributed by atoms with van der Waals surface area (Å²) >= 11 is 0. The summed E-state index contributed by atoms with van der Waals surface area (Å²) in [4.78, 5) is 19.3. The van der Waals surface area contributed by atoms with Crippen LogP contribution in [0.1, 0.15) is 5.82 Å². The van der Waals surface area contributed by atoms with Gasteiger partial charge in [-0.2, -0.15) is 5.10 Å². The molecule has 1 amide bonds. The number of anilines is 1. The lowest BCUT2D eigenvalue weighted by Gasteiger charge is -2.03. The summed E-state index contributed by atoms with van der Waals surface area (Å²) in [6.45, 7) is 0.576. The maximum atomic E-state index is 11.5. The molecule has 0 unspecified atom stereocenters. The largest absolute Gasteiger partial charge is 0.367 e. The van der Waals surface area contributed by atoms with E-state index < -0.39 is 0 Å². The fraction of sp³-hybridized carbons (Fsp3) is 0.444. The van der Waals surface area contributed by atoms with Crippen LogP contribution in [0.2, 0.25) is 0 Å². The quantitative estimate of drug-likeness (QED) is 0.656. The van der Waals surface area contributed by atoms with Crippen LogP contribution in [-0.4, -0.2) is 42.0 Å². The van der Waals surface area contributed by atoms with E-state index in [4.69, 9.17) is 5.73 Å². The van der Waals surface area contributed by atoms with Gasteiger partial charge in [0, 0.05) is 20.0 Å². The van der Waals surface area contributed by atoms with Gasteiger partial charge in [0.25, 0.3) is 0 Å². The highest BCUT2D eigenvalue weighted by atomic mass is 16.2. The minimum absolute atomic E-state index is 0.0971. The van der Waals surface area contributed by atoms with E-state index in [9.17, 15) is 4.79 Å². The second-order valence-electron chi connectivity index (χ2n) is 3.73. The molecule has 0 atom stereocenters. The Bertz CT molecular complexity index is 530. The third-order valence-corrected chi connectivity index (χ3v) is 2.18. The van der Waals surface area contributed by atoms with Gasteiger partial charge in [-0.15, -0.1) is 5.10 Å². The molecule has 0 fully saturated rings. The number of hydrogen-bond acceptors (Lipinski definition) is 6. The molecule has 18 heavy (non-hydrogen) atoms. The molecule has 0 radical (unpaired) electrons. The Hall–Kier alpha value is -2.45. The summed E-state index contributed by atoms with van der Waals surface area (Å²) in [5, 5.41) is 10.7. The number of amides is 1. The fourth-order valence-electron chi connectivity index (χ4n) is 1.40. The summed E-state index contributed by atoms with van der Waals surface area (Å²) in [6, 6.07) is 0. The lowest BCUT2D eigenvalue weighted by molar-refractivity contribution is -0.121. The number of carbonyl (C=O) groups excluding carboxylic acids is 1. The van der Waals surface area contributed by atoms with Crippen LogP contribution in [0, 0.1) is 0 Å². The van der Waals surface area contributed by atoms with E-state index in [-0.39, 0.29) is 18.4 Å². The van der Waals surface area contributed by atoms with Crippen molar-refractivity contribution in [3.63, 3.8) is 0 Å². The summed E-state index contributed by atoms with van der Waals surface area (Å²) in [5.41, 5.74) is 5.34. The number of nitrogens with one attached hydrogen (secondary N) is 1. The number of nitrogen functional groups attached to an aromatic ring is 1. The Morgan fingerprint density at radius 3 is 2.83 bits per heavy atom. The highest BCUT2D eigenvalue weighted by molar-refractivity contribution is 5.75. The van der Waals surface area contributed by atoms with E-state index in [0.29, 0.717) is 18.8 Å². The predicted octanol–water partition coefficient (Wildman–Crippen LogP) is -1.65. The first-order valence-corrected chi connectivity index (χ1v) is 5.39. The highest BCUT2D eigenvalue weighted by Gasteiger charge is 2.05. The molecule has 0 saturated carbocycles. The molecule has 0 aliphatic heterocycles. The average Bonchev–Trinajstić information content (AvgIpc) is 2.88. The molecule has 0 saturated heterocycles. The van der Waals surface area contributed by atoms with E-state index in [1.165, 1.54) is 11.0 Å². The number of carbonyl (C=O) groups is 1. The zero-order valence-corrected chi connectivity index (χ0v) is 9.94. The first-order valence-electron chi connectivity index (χ1n) is 5.39. The van der Waals surface area contributed by atoms with Crippen molar-refractivity contribution in [2.75, 3.05) is 12.3 Å². The van der Waals surface area contributed by atoms with E-state index in [2.05, 4.69) is 25.5 Å². The number of aryl methyl sites for hydroxylation is 1. The Morgan fingerprint density at radius 2 is 2.22 bits per heavy atom. The van der Waals surface area contributed by atoms with Crippen molar-refractivity contribution in [3.8, 4) is 0 Å². The topological polar surface area (TPSA) is 117 Å². The fourth-order valence-corrected chi connectivity index (χ4v) is 1.40. The van der Waals surface area contributed by atoms with Gasteiger partial charge in [-0.3, -0.25) is 9.48 Å². The molecule has 0 spiro atoms. The SMILES string of the molecule is Cn1cnc(CCNC(=O)Cn2cnc(N)n2)n1. The standard InChI is InChI=1S/C9H14N8O/c1-16-5-12-7(14-16)2-3-11-8(18)4-17-6-13-9(10)15-17/h5-6H,2-4H2,1H3,(H2,10,15)(H,11,18). The zero-order valence-electron chi connectivity index (χ0n) is 9.94. The van der Waals surface area contributed by atoms with Gasteiger partial charge < -0.3 is 11.1 Å². The number of aromatic nitrogens is 6. The van der Waals surface area contributed by atoms with Gasteiger partial charge in [-0.25, -0.2) is 14.6 Å². The first-order chi connectivity index (χ1) is 8.63. The molecule has 0 aliphatic carbocycles. The van der Waals surface area contributed by atoms with Crippen LogP contribution < -0.4 is 11.1 Å². The molecular weight excluding hydrogens is 236 g/mol. The van der Waals surface area contributed by atoms with Crippen LogP contribution in [0.3, 0.4) is 0 Å². The van der Waals surface area contributed by atoms with Crippen LogP contribution in [0.5, 0.6) is 0 Å². The second-order valence-corrected chi connectivity index (χ2v) is 3.73. The van der Waals surface area contributed by atoms with Gasteiger partial charge in [0.05, 0.1) is 0 Å². The molecule has 2 rings (SSSR count). The summed E-state index contributed by atoms with van der Waals surface area (Å²) in [5.74, 6) is 0.694. The van der Waals surface area contributed by atoms with Crippen molar-refractivity contribution in [1.82, 2.24) is 34.8 Å². The summed E-state index contributed by atoms with van der Waals surface area (Å²) in [7, 11) is 1.80. The number of hydrogen-bond donors (Lipinski definition) is 2. The molecule has 0 bridgehead atoms. The van der Waals surface area contributed by atoms with Crippen LogP contribution in [-0.2, 0) is 24.8 Å². The van der Waals surface area contributed by atoms with Gasteiger partial charge >= 0.3 is 0 Å². The zero-order chi connectivity index (χ0) is 13.0. The van der Waals surface area contributed by atoms with Crippen LogP contribution in [0.25, 0.3) is 0 Å². The number of rotatable bonds is 5. The maximum Gasteiger partial charge on any atom is 0.241 e. The predicted molar refractivity (Wildman–Crippen MR) is 62.2 cm³/mol. The third kappa shape index (κ3) is 3.27. The molecule has 2 aromatic heterocycles. The average molecular weight is 250 g/mol. The maximum absolute atomic E-state index is 11.5. The molecule has 9 heteroatoms. The molecule has 0 aromatic carbocycles. The van der Waals surface area contributed by atoms with Crippen molar-refractivity contribution in [3.05, 3.63) is 18.5 Å². The van der Waals surface area contributed by atoms with E-state index >= 15 is 0 Å². The van der Waals surface area contributed by atoms with Crippen LogP contribution >= 0.6 is 0 Å². The Balaban J connectivity index is 1.72. The lowest BCUT2D eigenvalue weighted by Crippen LogP contribution is -2.29. The molecular formula is C9H14N8O. The van der Waals surface area contributed by atoms with Gasteiger partial charge in [0.15, 0.2) is 5.82 Å². The van der Waals surface area contributed by atoms with E-state index in [1.54, 1.807) is 18.1 Å². The van der Waals surface area contributed by atoms with E-state index in [0.717, 1.165) is 0 Å². The van der Waals surface area contributed by atoms with Crippen molar-refractivity contribution < 1.29 is 4.79 Å². The third-order valence-electron chi connectivity index (χ3n) is 2.18. The van der Waals surface area contributed by atoms with Gasteiger partial charge in [0.2, 0.25) is 11.9 Å². The number of nitrogens with zero attached hydrogens (tertiary/aromatic N) is 6. The van der Waals surface area contributed by atoms with Crippen molar-refractivity contribution in [2.45, 2.75) is 13.0 Å². The molecule has 96 valence electrons. The van der Waals surface area contributed by atoms with Crippen molar-refractivity contribution in [2.24, 2.45) is 7.05 Å². The Labute approximate surface area is 103 Å². The smallest absolute Gasteiger partial charge is 0.241 e. The number of nitrogens with two attached hydrogens (primary N) is 1. The van der Waals surface area contributed by atoms with Gasteiger partial charge in [0.1, 0.15) is 19.2 Å². The monoisotopic (exact) mass is 250 g/mol. The molecule has 9 nitrogen and oxygen atoms in total. The van der Waals surface area contributed by atoms with E-state index in [1.807, 2.05) is 0 Å². The normalized spacial score (nSPS) is 10.5. The van der Waals surface area contributed by atoms with Crippen LogP contribution in [0.15, 0.2) is 12.7 Å². The van der Waals surface area contributed by atoms with Crippen LogP contribution in [0.4, 0.5) is 5.95 Å². The summed E-state index contributed by atoms with van der Waals surface area (Å²) < 4.78 is 3.00. The lowest BCUT2D eigenvalue weighted by atomic mass is 10.4. The highest BCUT2D eigenvalue weighted by Crippen LogP contribution is 1.90. The second kappa shape index (κ2) is 5.25. The molecule has 3 N–H and O–H groups in total. The molecule has 2 aromatic rings. The molecule has 2 heterocycles. The Kier molecular flexibility index (Phi) is 3.51. The van der Waals surface area contributed by atoms with Crippen molar-refractivity contribution >= 4 is 11.9 Å². The Morgan fingerprint density at radius 1 is 1.39 bits per heavy atom.